The first kappa shape index (κ1) is 30.6. The lowest BCUT2D eigenvalue weighted by atomic mass is 10.00. The minimum Gasteiger partial charge on any atom is -0.365 e. The standard InChI is InChI=1S/C38H47N7O/c1-28-12-17-34-33(25-28)36(42-38(41-34)44-23-18-32(19-24-44)43-20-7-8-21-43)39-26-29-13-15-31(16-14-29)40-37(46)35-11-5-6-22-45(35)27-30-9-3-2-4-10-30/h2-4,9-10,12-17,25,32,35H,5-8,11,18-24,26-27H2,1H3,(H,40,46)(H,39,41,42). The van der Waals surface area contributed by atoms with Crippen LogP contribution in [0.5, 0.6) is 0 Å². The van der Waals surface area contributed by atoms with Crippen LogP contribution < -0.4 is 15.5 Å². The second-order valence-corrected chi connectivity index (χ2v) is 13.4. The molecule has 2 N–H and O–H groups in total. The summed E-state index contributed by atoms with van der Waals surface area (Å²) in [5, 5.41) is 7.87. The van der Waals surface area contributed by atoms with Gasteiger partial charge in [-0.05, 0) is 100 Å². The molecule has 8 nitrogen and oxygen atoms in total. The van der Waals surface area contributed by atoms with Crippen molar-refractivity contribution in [2.75, 3.05) is 48.3 Å². The van der Waals surface area contributed by atoms with E-state index in [0.717, 1.165) is 79.4 Å². The number of likely N-dealkylation sites (tertiary alicyclic amines) is 2. The average molecular weight is 618 g/mol. The molecule has 0 aliphatic carbocycles. The molecule has 0 spiro atoms. The molecule has 240 valence electrons. The zero-order valence-electron chi connectivity index (χ0n) is 27.1. The number of hydrogen-bond acceptors (Lipinski definition) is 7. The zero-order chi connectivity index (χ0) is 31.3. The summed E-state index contributed by atoms with van der Waals surface area (Å²) in [6.45, 7) is 9.01. The third-order valence-electron chi connectivity index (χ3n) is 10.1. The number of nitrogens with one attached hydrogen (secondary N) is 2. The lowest BCUT2D eigenvalue weighted by Gasteiger charge is -2.36. The highest BCUT2D eigenvalue weighted by Gasteiger charge is 2.29. The lowest BCUT2D eigenvalue weighted by molar-refractivity contribution is -0.122. The van der Waals surface area contributed by atoms with E-state index in [1.165, 1.54) is 49.9 Å². The number of rotatable bonds is 9. The minimum atomic E-state index is -0.106. The van der Waals surface area contributed by atoms with Gasteiger partial charge in [-0.3, -0.25) is 9.69 Å². The van der Waals surface area contributed by atoms with Gasteiger partial charge in [-0.15, -0.1) is 0 Å². The number of piperidine rings is 2. The third-order valence-corrected chi connectivity index (χ3v) is 10.1. The Morgan fingerprint density at radius 3 is 2.35 bits per heavy atom. The lowest BCUT2D eigenvalue weighted by Crippen LogP contribution is -2.46. The number of aryl methyl sites for hydroxylation is 1. The third kappa shape index (κ3) is 7.18. The highest BCUT2D eigenvalue weighted by Crippen LogP contribution is 2.29. The number of fused-ring (bicyclic) bond motifs is 1. The summed E-state index contributed by atoms with van der Waals surface area (Å²) in [6, 6.07) is 25.7. The Morgan fingerprint density at radius 1 is 0.804 bits per heavy atom. The van der Waals surface area contributed by atoms with Gasteiger partial charge in [-0.2, -0.15) is 4.98 Å². The maximum atomic E-state index is 13.4. The van der Waals surface area contributed by atoms with Crippen LogP contribution in [-0.2, 0) is 17.9 Å². The first-order chi connectivity index (χ1) is 22.6. The summed E-state index contributed by atoms with van der Waals surface area (Å²) in [7, 11) is 0. The molecule has 8 heteroatoms. The summed E-state index contributed by atoms with van der Waals surface area (Å²) in [6.07, 6.45) is 8.15. The molecule has 3 saturated heterocycles. The van der Waals surface area contributed by atoms with Gasteiger partial charge in [0.1, 0.15) is 5.82 Å². The monoisotopic (exact) mass is 617 g/mol. The number of carbonyl (C=O) groups excluding carboxylic acids is 1. The molecule has 3 aromatic carbocycles. The molecule has 0 radical (unpaired) electrons. The van der Waals surface area contributed by atoms with E-state index in [-0.39, 0.29) is 11.9 Å². The molecular formula is C38H47N7O. The normalized spacial score (nSPS) is 19.8. The molecule has 4 aromatic rings. The molecule has 1 unspecified atom stereocenters. The smallest absolute Gasteiger partial charge is 0.241 e. The van der Waals surface area contributed by atoms with E-state index in [1.807, 2.05) is 18.2 Å². The maximum absolute atomic E-state index is 13.4. The quantitative estimate of drug-likeness (QED) is 0.219. The molecule has 0 bridgehead atoms. The van der Waals surface area contributed by atoms with Gasteiger partial charge in [0, 0.05) is 43.3 Å². The van der Waals surface area contributed by atoms with Crippen LogP contribution in [0, 0.1) is 6.92 Å². The number of aromatic nitrogens is 2. The van der Waals surface area contributed by atoms with Crippen LogP contribution in [0.3, 0.4) is 0 Å². The van der Waals surface area contributed by atoms with Crippen LogP contribution in [0.15, 0.2) is 72.8 Å². The van der Waals surface area contributed by atoms with Crippen molar-refractivity contribution in [3.8, 4) is 0 Å². The number of benzene rings is 3. The topological polar surface area (TPSA) is 76.6 Å². The Labute approximate surface area is 273 Å². The first-order valence-electron chi connectivity index (χ1n) is 17.3. The Hall–Kier alpha value is -4.01. The van der Waals surface area contributed by atoms with Crippen LogP contribution in [0.2, 0.25) is 0 Å². The van der Waals surface area contributed by atoms with E-state index in [0.29, 0.717) is 12.6 Å². The van der Waals surface area contributed by atoms with Gasteiger partial charge in [0.2, 0.25) is 11.9 Å². The molecule has 1 aromatic heterocycles. The molecule has 3 aliphatic rings. The van der Waals surface area contributed by atoms with Crippen molar-refractivity contribution in [1.82, 2.24) is 19.8 Å². The van der Waals surface area contributed by atoms with Crippen LogP contribution in [-0.4, -0.2) is 70.5 Å². The number of anilines is 3. The fourth-order valence-electron chi connectivity index (χ4n) is 7.46. The van der Waals surface area contributed by atoms with Crippen LogP contribution in [0.25, 0.3) is 10.9 Å². The second kappa shape index (κ2) is 14.2. The van der Waals surface area contributed by atoms with Gasteiger partial charge in [0.25, 0.3) is 0 Å². The second-order valence-electron chi connectivity index (χ2n) is 13.4. The molecule has 46 heavy (non-hydrogen) atoms. The van der Waals surface area contributed by atoms with Crippen molar-refractivity contribution in [3.63, 3.8) is 0 Å². The van der Waals surface area contributed by atoms with Gasteiger partial charge in [0.15, 0.2) is 0 Å². The average Bonchev–Trinajstić information content (AvgIpc) is 3.64. The molecule has 1 atom stereocenters. The Bertz CT molecular complexity index is 1610. The van der Waals surface area contributed by atoms with E-state index in [9.17, 15) is 4.79 Å². The van der Waals surface area contributed by atoms with Crippen LogP contribution in [0.1, 0.15) is 61.6 Å². The summed E-state index contributed by atoms with van der Waals surface area (Å²) in [4.78, 5) is 30.8. The van der Waals surface area contributed by atoms with E-state index < -0.39 is 0 Å². The summed E-state index contributed by atoms with van der Waals surface area (Å²) >= 11 is 0. The Balaban J connectivity index is 0.996. The molecule has 3 aliphatic heterocycles. The number of hydrogen-bond donors (Lipinski definition) is 2. The van der Waals surface area contributed by atoms with Crippen molar-refractivity contribution >= 4 is 34.3 Å². The van der Waals surface area contributed by atoms with Gasteiger partial charge in [-0.25, -0.2) is 4.98 Å². The largest absolute Gasteiger partial charge is 0.365 e. The van der Waals surface area contributed by atoms with Crippen molar-refractivity contribution in [3.05, 3.63) is 89.5 Å². The Morgan fingerprint density at radius 2 is 1.57 bits per heavy atom. The van der Waals surface area contributed by atoms with Gasteiger partial charge in [-0.1, -0.05) is 60.5 Å². The summed E-state index contributed by atoms with van der Waals surface area (Å²) < 4.78 is 0. The van der Waals surface area contributed by atoms with E-state index in [4.69, 9.17) is 9.97 Å². The van der Waals surface area contributed by atoms with Gasteiger partial charge >= 0.3 is 0 Å². The minimum absolute atomic E-state index is 0.0846. The Kier molecular flexibility index (Phi) is 9.44. The van der Waals surface area contributed by atoms with Crippen molar-refractivity contribution in [1.29, 1.82) is 0 Å². The van der Waals surface area contributed by atoms with E-state index >= 15 is 0 Å². The van der Waals surface area contributed by atoms with Crippen molar-refractivity contribution < 1.29 is 4.79 Å². The molecule has 0 saturated carbocycles. The predicted octanol–water partition coefficient (Wildman–Crippen LogP) is 6.61. The number of nitrogens with zero attached hydrogens (tertiary/aromatic N) is 5. The summed E-state index contributed by atoms with van der Waals surface area (Å²) in [5.74, 6) is 1.78. The highest BCUT2D eigenvalue weighted by atomic mass is 16.2. The molecular weight excluding hydrogens is 570 g/mol. The van der Waals surface area contributed by atoms with Crippen molar-refractivity contribution in [2.45, 2.75) is 77.0 Å². The van der Waals surface area contributed by atoms with Gasteiger partial charge < -0.3 is 20.4 Å². The van der Waals surface area contributed by atoms with E-state index in [2.05, 4.69) is 86.9 Å². The maximum Gasteiger partial charge on any atom is 0.241 e. The number of carbonyl (C=O) groups is 1. The van der Waals surface area contributed by atoms with Gasteiger partial charge in [0.05, 0.1) is 11.6 Å². The van der Waals surface area contributed by atoms with Crippen LogP contribution >= 0.6 is 0 Å². The fourth-order valence-corrected chi connectivity index (χ4v) is 7.46. The molecule has 3 fully saturated rings. The highest BCUT2D eigenvalue weighted by molar-refractivity contribution is 5.95. The number of amides is 1. The molecule has 7 rings (SSSR count). The zero-order valence-corrected chi connectivity index (χ0v) is 27.1. The molecule has 4 heterocycles. The van der Waals surface area contributed by atoms with Crippen LogP contribution in [0.4, 0.5) is 17.5 Å². The van der Waals surface area contributed by atoms with Crippen molar-refractivity contribution in [2.24, 2.45) is 0 Å². The molecule has 1 amide bonds. The fraction of sp³-hybridized carbons (Fsp3) is 0.447. The summed E-state index contributed by atoms with van der Waals surface area (Å²) in [5.41, 5.74) is 5.39. The predicted molar refractivity (Wildman–Crippen MR) is 187 cm³/mol. The van der Waals surface area contributed by atoms with E-state index in [1.54, 1.807) is 0 Å². The SMILES string of the molecule is Cc1ccc2nc(N3CCC(N4CCCC4)CC3)nc(NCc3ccc(NC(=O)C4CCCCN4Cc4ccccc4)cc3)c2c1. The first-order valence-corrected chi connectivity index (χ1v) is 17.3.